The van der Waals surface area contributed by atoms with Crippen LogP contribution >= 0.6 is 0 Å². The molecule has 0 bridgehead atoms. The monoisotopic (exact) mass is 274 g/mol. The third-order valence-corrected chi connectivity index (χ3v) is 2.10. The third-order valence-electron chi connectivity index (χ3n) is 2.10. The lowest BCUT2D eigenvalue weighted by Gasteiger charge is -2.19. The Labute approximate surface area is 119 Å². The van der Waals surface area contributed by atoms with Gasteiger partial charge in [-0.05, 0) is 52.0 Å². The van der Waals surface area contributed by atoms with E-state index in [-0.39, 0.29) is 5.97 Å². The number of hydrogen-bond acceptors (Lipinski definition) is 4. The highest BCUT2D eigenvalue weighted by molar-refractivity contribution is 5.90. The van der Waals surface area contributed by atoms with Crippen molar-refractivity contribution in [3.05, 3.63) is 35.4 Å². The van der Waals surface area contributed by atoms with Gasteiger partial charge in [-0.3, -0.25) is 0 Å². The first kappa shape index (κ1) is 15.8. The summed E-state index contributed by atoms with van der Waals surface area (Å²) >= 11 is 0. The lowest BCUT2D eigenvalue weighted by molar-refractivity contribution is -0.136. The maximum absolute atomic E-state index is 11.8. The second-order valence-electron chi connectivity index (χ2n) is 5.05. The molecule has 0 amide bonds. The minimum Gasteiger partial charge on any atom is -0.456 e. The van der Waals surface area contributed by atoms with Crippen LogP contribution in [-0.2, 0) is 14.3 Å². The van der Waals surface area contributed by atoms with E-state index in [1.54, 1.807) is 31.2 Å². The van der Waals surface area contributed by atoms with E-state index < -0.39 is 11.6 Å². The Kier molecular flexibility index (Phi) is 5.33. The van der Waals surface area contributed by atoms with Crippen molar-refractivity contribution >= 4 is 11.9 Å². The third kappa shape index (κ3) is 5.57. The van der Waals surface area contributed by atoms with Crippen LogP contribution in [0.25, 0.3) is 0 Å². The number of carbonyl (C=O) groups is 2. The molecule has 4 heteroatoms. The molecule has 20 heavy (non-hydrogen) atoms. The topological polar surface area (TPSA) is 52.6 Å². The summed E-state index contributed by atoms with van der Waals surface area (Å²) < 4.78 is 9.94. The number of esters is 2. The lowest BCUT2D eigenvalue weighted by atomic mass is 10.1. The van der Waals surface area contributed by atoms with Crippen LogP contribution in [0.15, 0.2) is 24.3 Å². The molecule has 0 N–H and O–H groups in total. The molecule has 0 aliphatic heterocycles. The van der Waals surface area contributed by atoms with Crippen molar-refractivity contribution in [3.8, 4) is 11.8 Å². The lowest BCUT2D eigenvalue weighted by Crippen LogP contribution is -2.23. The maximum atomic E-state index is 11.8. The molecule has 0 unspecified atom stereocenters. The first-order valence-electron chi connectivity index (χ1n) is 6.34. The highest BCUT2D eigenvalue weighted by Crippen LogP contribution is 2.12. The van der Waals surface area contributed by atoms with Crippen molar-refractivity contribution in [2.75, 3.05) is 6.61 Å². The maximum Gasteiger partial charge on any atom is 0.384 e. The van der Waals surface area contributed by atoms with E-state index >= 15 is 0 Å². The summed E-state index contributed by atoms with van der Waals surface area (Å²) in [5.41, 5.74) is 0.548. The van der Waals surface area contributed by atoms with Crippen molar-refractivity contribution in [2.45, 2.75) is 33.3 Å². The average molecular weight is 274 g/mol. The van der Waals surface area contributed by atoms with E-state index in [2.05, 4.69) is 11.8 Å². The van der Waals surface area contributed by atoms with E-state index in [0.29, 0.717) is 17.7 Å². The van der Waals surface area contributed by atoms with Gasteiger partial charge in [0.15, 0.2) is 0 Å². The van der Waals surface area contributed by atoms with Crippen molar-refractivity contribution < 1.29 is 19.1 Å². The predicted octanol–water partition coefficient (Wildman–Crippen LogP) is 2.56. The molecule has 106 valence electrons. The normalized spacial score (nSPS) is 10.2. The number of carbonyl (C=O) groups excluding carboxylic acids is 2. The van der Waals surface area contributed by atoms with Crippen LogP contribution in [0.2, 0.25) is 0 Å². The second-order valence-corrected chi connectivity index (χ2v) is 5.05. The molecule has 0 radical (unpaired) electrons. The predicted molar refractivity (Wildman–Crippen MR) is 75.1 cm³/mol. The Morgan fingerprint density at radius 3 is 2.25 bits per heavy atom. The molecule has 0 aliphatic rings. The highest BCUT2D eigenvalue weighted by atomic mass is 16.6. The highest BCUT2D eigenvalue weighted by Gasteiger charge is 2.17. The summed E-state index contributed by atoms with van der Waals surface area (Å²) in [4.78, 5) is 22.9. The van der Waals surface area contributed by atoms with Crippen LogP contribution in [0.4, 0.5) is 0 Å². The summed E-state index contributed by atoms with van der Waals surface area (Å²) in [7, 11) is 0. The number of rotatable bonds is 2. The number of hydrogen-bond donors (Lipinski definition) is 0. The van der Waals surface area contributed by atoms with Gasteiger partial charge in [-0.15, -0.1) is 0 Å². The zero-order valence-corrected chi connectivity index (χ0v) is 12.1. The van der Waals surface area contributed by atoms with Crippen molar-refractivity contribution in [1.82, 2.24) is 0 Å². The molecule has 0 aliphatic carbocycles. The van der Waals surface area contributed by atoms with E-state index in [0.717, 1.165) is 0 Å². The standard InChI is InChI=1S/C16H18O4/c1-5-19-14(17)11-8-12-6-9-13(10-7-12)15(18)20-16(2,3)4/h6-7,9-10H,5H2,1-4H3. The molecule has 0 saturated carbocycles. The molecule has 4 nitrogen and oxygen atoms in total. The molecule has 0 atom stereocenters. The molecule has 0 fully saturated rings. The van der Waals surface area contributed by atoms with Gasteiger partial charge in [-0.1, -0.05) is 5.92 Å². The van der Waals surface area contributed by atoms with Gasteiger partial charge >= 0.3 is 11.9 Å². The van der Waals surface area contributed by atoms with Crippen molar-refractivity contribution in [3.63, 3.8) is 0 Å². The van der Waals surface area contributed by atoms with Gasteiger partial charge in [0.05, 0.1) is 12.2 Å². The Hall–Kier alpha value is -2.28. The second kappa shape index (κ2) is 6.76. The summed E-state index contributed by atoms with van der Waals surface area (Å²) in [5.74, 6) is 4.07. The molecular formula is C16H18O4. The SMILES string of the molecule is CCOC(=O)C#Cc1ccc(C(=O)OC(C)(C)C)cc1. The molecule has 0 heterocycles. The Balaban J connectivity index is 2.74. The molecule has 0 aromatic heterocycles. The number of ether oxygens (including phenoxy) is 2. The Morgan fingerprint density at radius 2 is 1.75 bits per heavy atom. The molecule has 0 spiro atoms. The van der Waals surface area contributed by atoms with E-state index in [1.165, 1.54) is 0 Å². The fourth-order valence-corrected chi connectivity index (χ4v) is 1.32. The molecule has 1 aromatic rings. The Morgan fingerprint density at radius 1 is 1.15 bits per heavy atom. The van der Waals surface area contributed by atoms with Gasteiger partial charge in [0, 0.05) is 11.5 Å². The van der Waals surface area contributed by atoms with Gasteiger partial charge in [-0.25, -0.2) is 9.59 Å². The van der Waals surface area contributed by atoms with E-state index in [9.17, 15) is 9.59 Å². The largest absolute Gasteiger partial charge is 0.456 e. The van der Waals surface area contributed by atoms with Crippen LogP contribution in [0, 0.1) is 11.8 Å². The smallest absolute Gasteiger partial charge is 0.384 e. The first-order chi connectivity index (χ1) is 9.31. The van der Waals surface area contributed by atoms with E-state index in [1.807, 2.05) is 20.8 Å². The summed E-state index contributed by atoms with van der Waals surface area (Å²) in [6.07, 6.45) is 0. The van der Waals surface area contributed by atoms with Crippen LogP contribution < -0.4 is 0 Å². The number of benzene rings is 1. The summed E-state index contributed by atoms with van der Waals surface area (Å²) in [6.45, 7) is 7.44. The molecule has 1 aromatic carbocycles. The quantitative estimate of drug-likeness (QED) is 0.614. The fourth-order valence-electron chi connectivity index (χ4n) is 1.32. The van der Waals surface area contributed by atoms with Gasteiger partial charge in [0.25, 0.3) is 0 Å². The first-order valence-corrected chi connectivity index (χ1v) is 6.34. The van der Waals surface area contributed by atoms with Gasteiger partial charge in [0.1, 0.15) is 5.60 Å². The Bertz CT molecular complexity index is 539. The molecule has 0 saturated heterocycles. The van der Waals surface area contributed by atoms with E-state index in [4.69, 9.17) is 9.47 Å². The van der Waals surface area contributed by atoms with Crippen LogP contribution in [0.5, 0.6) is 0 Å². The van der Waals surface area contributed by atoms with Crippen molar-refractivity contribution in [1.29, 1.82) is 0 Å². The molecule has 1 rings (SSSR count). The summed E-state index contributed by atoms with van der Waals surface area (Å²) in [6, 6.07) is 6.55. The average Bonchev–Trinajstić information content (AvgIpc) is 2.35. The minimum absolute atomic E-state index is 0.297. The zero-order chi connectivity index (χ0) is 15.2. The van der Waals surface area contributed by atoms with Crippen molar-refractivity contribution in [2.24, 2.45) is 0 Å². The van der Waals surface area contributed by atoms with Crippen LogP contribution in [0.3, 0.4) is 0 Å². The minimum atomic E-state index is -0.566. The zero-order valence-electron chi connectivity index (χ0n) is 12.1. The van der Waals surface area contributed by atoms with Crippen LogP contribution in [0.1, 0.15) is 43.6 Å². The summed E-state index contributed by atoms with van der Waals surface area (Å²) in [5, 5.41) is 0. The van der Waals surface area contributed by atoms with Gasteiger partial charge in [0.2, 0.25) is 0 Å². The van der Waals surface area contributed by atoms with Gasteiger partial charge in [-0.2, -0.15) is 0 Å². The fraction of sp³-hybridized carbons (Fsp3) is 0.375. The molecular weight excluding hydrogens is 256 g/mol. The van der Waals surface area contributed by atoms with Gasteiger partial charge < -0.3 is 9.47 Å². The van der Waals surface area contributed by atoms with Crippen LogP contribution in [-0.4, -0.2) is 24.1 Å².